The zero-order valence-corrected chi connectivity index (χ0v) is 23.2. The Bertz CT molecular complexity index is 1120. The highest BCUT2D eigenvalue weighted by Gasteiger charge is 2.39. The number of rotatable bonds is 10. The molecule has 8 nitrogen and oxygen atoms in total. The molecule has 1 amide bonds. The van der Waals surface area contributed by atoms with Crippen LogP contribution < -0.4 is 9.47 Å². The zero-order chi connectivity index (χ0) is 28.7. The first-order valence-corrected chi connectivity index (χ1v) is 12.8. The van der Waals surface area contributed by atoms with Gasteiger partial charge in [-0.2, -0.15) is 0 Å². The lowest BCUT2D eigenvalue weighted by atomic mass is 10.1. The molecule has 0 radical (unpaired) electrons. The standard InChI is InChI=1S/C29H37F2NO7/c1-18-12-23(25(27(33)35-6)24(13-18)38-19(2)26(30)31)37-17-21-14-22(36-16-20-10-8-7-9-11-20)15-32(21)28(34)39-29(3,4)5/h7-13,19,21-22,26H,14-17H2,1-6H3/t19-,21-,22+/m1/s1. The third kappa shape index (κ3) is 8.54. The van der Waals surface area contributed by atoms with Gasteiger partial charge < -0.3 is 23.7 Å². The van der Waals surface area contributed by atoms with Crippen LogP contribution >= 0.6 is 0 Å². The Labute approximate surface area is 228 Å². The smallest absolute Gasteiger partial charge is 0.410 e. The fraction of sp³-hybridized carbons (Fsp3) is 0.517. The van der Waals surface area contributed by atoms with E-state index in [0.717, 1.165) is 5.56 Å². The summed E-state index contributed by atoms with van der Waals surface area (Å²) in [6.07, 6.45) is -4.52. The van der Waals surface area contributed by atoms with Crippen molar-refractivity contribution in [2.24, 2.45) is 0 Å². The lowest BCUT2D eigenvalue weighted by Crippen LogP contribution is -2.42. The summed E-state index contributed by atoms with van der Waals surface area (Å²) in [5.74, 6) is -0.749. The third-order valence-electron chi connectivity index (χ3n) is 6.03. The largest absolute Gasteiger partial charge is 0.490 e. The number of likely N-dealkylation sites (tertiary alicyclic amines) is 1. The van der Waals surface area contributed by atoms with Crippen LogP contribution in [0.4, 0.5) is 13.6 Å². The van der Waals surface area contributed by atoms with Crippen molar-refractivity contribution in [2.75, 3.05) is 20.3 Å². The number of halogens is 2. The van der Waals surface area contributed by atoms with Gasteiger partial charge in [-0.3, -0.25) is 4.90 Å². The minimum atomic E-state index is -2.76. The monoisotopic (exact) mass is 549 g/mol. The van der Waals surface area contributed by atoms with Crippen LogP contribution in [0.1, 0.15) is 55.6 Å². The number of ether oxygens (including phenoxy) is 5. The molecule has 1 heterocycles. The van der Waals surface area contributed by atoms with E-state index in [2.05, 4.69) is 0 Å². The highest BCUT2D eigenvalue weighted by molar-refractivity contribution is 5.95. The minimum absolute atomic E-state index is 0.00171. The summed E-state index contributed by atoms with van der Waals surface area (Å²) in [6, 6.07) is 12.3. The van der Waals surface area contributed by atoms with Crippen LogP contribution in [-0.2, 0) is 20.8 Å². The molecule has 0 spiro atoms. The van der Waals surface area contributed by atoms with Crippen LogP contribution in [0.2, 0.25) is 0 Å². The van der Waals surface area contributed by atoms with E-state index in [4.69, 9.17) is 23.7 Å². The first-order chi connectivity index (χ1) is 18.4. The van der Waals surface area contributed by atoms with Gasteiger partial charge in [-0.15, -0.1) is 0 Å². The summed E-state index contributed by atoms with van der Waals surface area (Å²) in [4.78, 5) is 27.2. The van der Waals surface area contributed by atoms with E-state index >= 15 is 0 Å². The van der Waals surface area contributed by atoms with Gasteiger partial charge in [0.25, 0.3) is 6.43 Å². The van der Waals surface area contributed by atoms with E-state index in [1.54, 1.807) is 38.7 Å². The molecule has 1 fully saturated rings. The predicted molar refractivity (Wildman–Crippen MR) is 140 cm³/mol. The van der Waals surface area contributed by atoms with Crippen LogP contribution in [0.3, 0.4) is 0 Å². The van der Waals surface area contributed by atoms with E-state index in [1.165, 1.54) is 20.1 Å². The lowest BCUT2D eigenvalue weighted by Gasteiger charge is -2.28. The summed E-state index contributed by atoms with van der Waals surface area (Å²) >= 11 is 0. The number of benzene rings is 2. The average molecular weight is 550 g/mol. The van der Waals surface area contributed by atoms with E-state index < -0.39 is 36.2 Å². The number of methoxy groups -OCH3 is 1. The first kappa shape index (κ1) is 30.1. The second-order valence-electron chi connectivity index (χ2n) is 10.5. The van der Waals surface area contributed by atoms with Gasteiger partial charge in [0.2, 0.25) is 0 Å². The molecule has 2 aromatic carbocycles. The number of aryl methyl sites for hydroxylation is 1. The van der Waals surface area contributed by atoms with Gasteiger partial charge in [-0.05, 0) is 64.3 Å². The quantitative estimate of drug-likeness (QED) is 0.347. The van der Waals surface area contributed by atoms with E-state index in [1.807, 2.05) is 30.3 Å². The van der Waals surface area contributed by atoms with Gasteiger partial charge in [0.1, 0.15) is 29.3 Å². The van der Waals surface area contributed by atoms with Crippen LogP contribution in [0.25, 0.3) is 0 Å². The van der Waals surface area contributed by atoms with Crippen molar-refractivity contribution in [1.29, 1.82) is 0 Å². The molecule has 0 aliphatic carbocycles. The molecule has 0 saturated carbocycles. The van der Waals surface area contributed by atoms with Gasteiger partial charge in [-0.25, -0.2) is 18.4 Å². The van der Waals surface area contributed by atoms with Crippen LogP contribution in [0.5, 0.6) is 11.5 Å². The van der Waals surface area contributed by atoms with Crippen molar-refractivity contribution >= 4 is 12.1 Å². The number of carbonyl (C=O) groups is 2. The Balaban J connectivity index is 1.82. The molecule has 1 aliphatic heterocycles. The summed E-state index contributed by atoms with van der Waals surface area (Å²) in [5.41, 5.74) is 0.838. The summed E-state index contributed by atoms with van der Waals surface area (Å²) in [7, 11) is 1.18. The van der Waals surface area contributed by atoms with Gasteiger partial charge in [0, 0.05) is 0 Å². The number of hydrogen-bond donors (Lipinski definition) is 0. The zero-order valence-electron chi connectivity index (χ0n) is 23.2. The minimum Gasteiger partial charge on any atom is -0.490 e. The molecule has 0 unspecified atom stereocenters. The molecule has 3 atom stereocenters. The van der Waals surface area contributed by atoms with Crippen LogP contribution in [0, 0.1) is 6.92 Å². The Morgan fingerprint density at radius 1 is 1.10 bits per heavy atom. The molecule has 10 heteroatoms. The van der Waals surface area contributed by atoms with Crippen molar-refractivity contribution in [3.63, 3.8) is 0 Å². The molecule has 1 aliphatic rings. The molecule has 39 heavy (non-hydrogen) atoms. The van der Waals surface area contributed by atoms with Crippen LogP contribution in [0.15, 0.2) is 42.5 Å². The molecule has 2 aromatic rings. The normalized spacial score (nSPS) is 18.1. The van der Waals surface area contributed by atoms with Crippen molar-refractivity contribution in [3.8, 4) is 11.5 Å². The first-order valence-electron chi connectivity index (χ1n) is 12.8. The van der Waals surface area contributed by atoms with Gasteiger partial charge >= 0.3 is 12.1 Å². The molecule has 0 bridgehead atoms. The molecular formula is C29H37F2NO7. The highest BCUT2D eigenvalue weighted by atomic mass is 19.3. The van der Waals surface area contributed by atoms with Crippen LogP contribution in [-0.4, -0.2) is 67.5 Å². The van der Waals surface area contributed by atoms with Gasteiger partial charge in [-0.1, -0.05) is 30.3 Å². The highest BCUT2D eigenvalue weighted by Crippen LogP contribution is 2.34. The number of alkyl halides is 2. The number of nitrogens with zero attached hydrogens (tertiary/aromatic N) is 1. The predicted octanol–water partition coefficient (Wildman–Crippen LogP) is 5.79. The molecule has 0 N–H and O–H groups in total. The number of carbonyl (C=O) groups excluding carboxylic acids is 2. The summed E-state index contributed by atoms with van der Waals surface area (Å²) in [5, 5.41) is 0. The fourth-order valence-electron chi connectivity index (χ4n) is 4.15. The Morgan fingerprint density at radius 3 is 2.38 bits per heavy atom. The average Bonchev–Trinajstić information content (AvgIpc) is 3.28. The lowest BCUT2D eigenvalue weighted by molar-refractivity contribution is 0.0125. The Morgan fingerprint density at radius 2 is 1.77 bits per heavy atom. The fourth-order valence-corrected chi connectivity index (χ4v) is 4.15. The molecule has 0 aromatic heterocycles. The van der Waals surface area contributed by atoms with Crippen molar-refractivity contribution in [3.05, 3.63) is 59.2 Å². The molecule has 214 valence electrons. The molecule has 1 saturated heterocycles. The SMILES string of the molecule is COC(=O)c1c(OC[C@H]2C[C@H](OCc3ccccc3)CN2C(=O)OC(C)(C)C)cc(C)cc1O[C@H](C)C(F)F. The van der Waals surface area contributed by atoms with E-state index in [-0.39, 0.29) is 29.8 Å². The second-order valence-corrected chi connectivity index (χ2v) is 10.5. The summed E-state index contributed by atoms with van der Waals surface area (Å²) < 4.78 is 54.4. The number of amides is 1. The van der Waals surface area contributed by atoms with Crippen molar-refractivity contribution < 1.29 is 42.1 Å². The number of hydrogen-bond acceptors (Lipinski definition) is 7. The topological polar surface area (TPSA) is 83.5 Å². The van der Waals surface area contributed by atoms with Gasteiger partial charge in [0.15, 0.2) is 6.10 Å². The molecular weight excluding hydrogens is 512 g/mol. The second kappa shape index (κ2) is 13.1. The van der Waals surface area contributed by atoms with E-state index in [9.17, 15) is 18.4 Å². The van der Waals surface area contributed by atoms with Crippen molar-refractivity contribution in [1.82, 2.24) is 4.90 Å². The maximum Gasteiger partial charge on any atom is 0.410 e. The third-order valence-corrected chi connectivity index (χ3v) is 6.03. The van der Waals surface area contributed by atoms with Crippen molar-refractivity contribution in [2.45, 2.75) is 77.9 Å². The van der Waals surface area contributed by atoms with E-state index in [0.29, 0.717) is 25.1 Å². The Kier molecular flexibility index (Phi) is 10.1. The Hall–Kier alpha value is -3.40. The maximum atomic E-state index is 13.2. The molecule has 3 rings (SSSR count). The number of esters is 1. The summed E-state index contributed by atoms with van der Waals surface area (Å²) in [6.45, 7) is 8.98. The maximum absolute atomic E-state index is 13.2. The van der Waals surface area contributed by atoms with Gasteiger partial charge in [0.05, 0.1) is 32.4 Å².